The standard InChI is InChI=1S/C9H18N4O2S/c1-3-13(4-6(2)8(10)16)5-7(14)12-9(11)15/h6H,3-5H2,1-2H3,(H2,10,16)(H3,11,12,14,15). The number of imide groups is 1. The summed E-state index contributed by atoms with van der Waals surface area (Å²) >= 11 is 4.84. The molecule has 3 amide bonds. The molecule has 0 aromatic heterocycles. The number of rotatable bonds is 6. The van der Waals surface area contributed by atoms with E-state index in [1.165, 1.54) is 0 Å². The number of hydrogen-bond acceptors (Lipinski definition) is 4. The molecule has 0 heterocycles. The number of amides is 3. The summed E-state index contributed by atoms with van der Waals surface area (Å²) in [4.78, 5) is 23.9. The van der Waals surface area contributed by atoms with E-state index >= 15 is 0 Å². The molecular formula is C9H18N4O2S. The highest BCUT2D eigenvalue weighted by Gasteiger charge is 2.14. The highest BCUT2D eigenvalue weighted by Crippen LogP contribution is 2.00. The summed E-state index contributed by atoms with van der Waals surface area (Å²) in [5.41, 5.74) is 10.3. The lowest BCUT2D eigenvalue weighted by Crippen LogP contribution is -2.44. The molecule has 0 saturated carbocycles. The van der Waals surface area contributed by atoms with Crippen LogP contribution in [0.4, 0.5) is 4.79 Å². The van der Waals surface area contributed by atoms with Crippen LogP contribution in [-0.2, 0) is 4.79 Å². The molecule has 0 aliphatic heterocycles. The Balaban J connectivity index is 4.14. The van der Waals surface area contributed by atoms with Crippen molar-refractivity contribution in [1.82, 2.24) is 10.2 Å². The predicted octanol–water partition coefficient (Wildman–Crippen LogP) is -0.575. The Bertz CT molecular complexity index is 283. The molecular weight excluding hydrogens is 228 g/mol. The summed E-state index contributed by atoms with van der Waals surface area (Å²) in [6.07, 6.45) is 0. The monoisotopic (exact) mass is 246 g/mol. The van der Waals surface area contributed by atoms with Crippen LogP contribution in [0.3, 0.4) is 0 Å². The second-order valence-corrected chi connectivity index (χ2v) is 4.01. The molecule has 7 heteroatoms. The molecule has 1 atom stereocenters. The third kappa shape index (κ3) is 6.31. The van der Waals surface area contributed by atoms with Gasteiger partial charge >= 0.3 is 6.03 Å². The average Bonchev–Trinajstić information content (AvgIpc) is 2.14. The van der Waals surface area contributed by atoms with E-state index in [0.29, 0.717) is 18.1 Å². The first-order valence-electron chi connectivity index (χ1n) is 4.97. The van der Waals surface area contributed by atoms with E-state index in [0.717, 1.165) is 0 Å². The van der Waals surface area contributed by atoms with Crippen LogP contribution in [0.2, 0.25) is 0 Å². The van der Waals surface area contributed by atoms with Crippen molar-refractivity contribution in [2.45, 2.75) is 13.8 Å². The van der Waals surface area contributed by atoms with Gasteiger partial charge in [0.1, 0.15) is 0 Å². The van der Waals surface area contributed by atoms with Crippen LogP contribution >= 0.6 is 12.2 Å². The van der Waals surface area contributed by atoms with Crippen molar-refractivity contribution in [2.75, 3.05) is 19.6 Å². The predicted molar refractivity (Wildman–Crippen MR) is 65.8 cm³/mol. The van der Waals surface area contributed by atoms with Crippen molar-refractivity contribution in [3.63, 3.8) is 0 Å². The molecule has 5 N–H and O–H groups in total. The van der Waals surface area contributed by atoms with Crippen molar-refractivity contribution < 1.29 is 9.59 Å². The van der Waals surface area contributed by atoms with Crippen molar-refractivity contribution in [2.24, 2.45) is 17.4 Å². The molecule has 0 rings (SSSR count). The van der Waals surface area contributed by atoms with Crippen LogP contribution in [0, 0.1) is 5.92 Å². The van der Waals surface area contributed by atoms with Gasteiger partial charge < -0.3 is 11.5 Å². The summed E-state index contributed by atoms with van der Waals surface area (Å²) in [5, 5.41) is 2.00. The average molecular weight is 246 g/mol. The molecule has 0 aromatic carbocycles. The van der Waals surface area contributed by atoms with Crippen LogP contribution in [-0.4, -0.2) is 41.5 Å². The Morgan fingerprint density at radius 2 is 2.00 bits per heavy atom. The largest absolute Gasteiger partial charge is 0.393 e. The maximum absolute atomic E-state index is 11.3. The number of carbonyl (C=O) groups excluding carboxylic acids is 2. The lowest BCUT2D eigenvalue weighted by Gasteiger charge is -2.22. The maximum Gasteiger partial charge on any atom is 0.318 e. The van der Waals surface area contributed by atoms with Crippen molar-refractivity contribution in [3.05, 3.63) is 0 Å². The molecule has 16 heavy (non-hydrogen) atoms. The molecule has 0 fully saturated rings. The normalized spacial score (nSPS) is 12.2. The number of carbonyl (C=O) groups is 2. The Morgan fingerprint density at radius 3 is 2.38 bits per heavy atom. The number of thiocarbonyl (C=S) groups is 1. The molecule has 0 aliphatic rings. The molecule has 0 aliphatic carbocycles. The van der Waals surface area contributed by atoms with Crippen LogP contribution < -0.4 is 16.8 Å². The highest BCUT2D eigenvalue weighted by atomic mass is 32.1. The third-order valence-electron chi connectivity index (χ3n) is 2.09. The van der Waals surface area contributed by atoms with Gasteiger partial charge in [-0.2, -0.15) is 0 Å². The molecule has 1 unspecified atom stereocenters. The number of primary amides is 1. The topological polar surface area (TPSA) is 101 Å². The zero-order valence-corrected chi connectivity index (χ0v) is 10.3. The molecule has 0 bridgehead atoms. The lowest BCUT2D eigenvalue weighted by atomic mass is 10.1. The highest BCUT2D eigenvalue weighted by molar-refractivity contribution is 7.80. The molecule has 0 radical (unpaired) electrons. The fraction of sp³-hybridized carbons (Fsp3) is 0.667. The number of urea groups is 1. The molecule has 0 spiro atoms. The quantitative estimate of drug-likeness (QED) is 0.545. The second kappa shape index (κ2) is 7.13. The summed E-state index contributed by atoms with van der Waals surface area (Å²) in [5.74, 6) is -0.402. The van der Waals surface area contributed by atoms with E-state index in [1.807, 2.05) is 24.1 Å². The fourth-order valence-electron chi connectivity index (χ4n) is 1.16. The Morgan fingerprint density at radius 1 is 1.44 bits per heavy atom. The number of hydrogen-bond donors (Lipinski definition) is 3. The second-order valence-electron chi connectivity index (χ2n) is 3.54. The van der Waals surface area contributed by atoms with Gasteiger partial charge in [0, 0.05) is 12.5 Å². The maximum atomic E-state index is 11.3. The smallest absolute Gasteiger partial charge is 0.318 e. The first kappa shape index (κ1) is 14.8. The minimum atomic E-state index is -0.844. The van der Waals surface area contributed by atoms with Gasteiger partial charge in [-0.05, 0) is 6.54 Å². The van der Waals surface area contributed by atoms with Gasteiger partial charge in [-0.1, -0.05) is 26.1 Å². The van der Waals surface area contributed by atoms with E-state index < -0.39 is 11.9 Å². The first-order valence-corrected chi connectivity index (χ1v) is 5.38. The van der Waals surface area contributed by atoms with Crippen LogP contribution in [0.1, 0.15) is 13.8 Å². The van der Waals surface area contributed by atoms with E-state index in [4.69, 9.17) is 23.7 Å². The summed E-state index contributed by atoms with van der Waals surface area (Å²) < 4.78 is 0. The van der Waals surface area contributed by atoms with Gasteiger partial charge in [-0.15, -0.1) is 0 Å². The summed E-state index contributed by atoms with van der Waals surface area (Å²) in [6.45, 7) is 5.14. The SMILES string of the molecule is CCN(CC(=O)NC(N)=O)CC(C)C(N)=S. The Labute approximate surface area is 100 Å². The van der Waals surface area contributed by atoms with Crippen LogP contribution in [0.25, 0.3) is 0 Å². The third-order valence-corrected chi connectivity index (χ3v) is 2.50. The zero-order valence-electron chi connectivity index (χ0n) is 9.53. The van der Waals surface area contributed by atoms with Crippen molar-refractivity contribution >= 4 is 29.1 Å². The summed E-state index contributed by atoms with van der Waals surface area (Å²) in [6, 6.07) is -0.844. The van der Waals surface area contributed by atoms with Crippen LogP contribution in [0.5, 0.6) is 0 Å². The molecule has 0 saturated heterocycles. The van der Waals surface area contributed by atoms with Gasteiger partial charge in [0.15, 0.2) is 0 Å². The van der Waals surface area contributed by atoms with E-state index in [1.54, 1.807) is 0 Å². The number of nitrogens with zero attached hydrogens (tertiary/aromatic N) is 1. The van der Waals surface area contributed by atoms with Gasteiger partial charge in [-0.3, -0.25) is 15.0 Å². The van der Waals surface area contributed by atoms with Crippen molar-refractivity contribution in [3.8, 4) is 0 Å². The minimum absolute atomic E-state index is 0.0244. The van der Waals surface area contributed by atoms with Gasteiger partial charge in [0.05, 0.1) is 11.5 Å². The van der Waals surface area contributed by atoms with Gasteiger partial charge in [0.2, 0.25) is 5.91 Å². The number of nitrogens with two attached hydrogens (primary N) is 2. The van der Waals surface area contributed by atoms with E-state index in [2.05, 4.69) is 0 Å². The van der Waals surface area contributed by atoms with Crippen LogP contribution in [0.15, 0.2) is 0 Å². The number of nitrogens with one attached hydrogen (secondary N) is 1. The molecule has 6 nitrogen and oxygen atoms in total. The van der Waals surface area contributed by atoms with E-state index in [-0.39, 0.29) is 12.5 Å². The summed E-state index contributed by atoms with van der Waals surface area (Å²) in [7, 11) is 0. The Kier molecular flexibility index (Phi) is 6.59. The molecule has 92 valence electrons. The van der Waals surface area contributed by atoms with Crippen molar-refractivity contribution in [1.29, 1.82) is 0 Å². The van der Waals surface area contributed by atoms with Gasteiger partial charge in [-0.25, -0.2) is 4.79 Å². The van der Waals surface area contributed by atoms with Gasteiger partial charge in [0.25, 0.3) is 0 Å². The van der Waals surface area contributed by atoms with E-state index in [9.17, 15) is 9.59 Å². The zero-order chi connectivity index (χ0) is 12.7. The fourth-order valence-corrected chi connectivity index (χ4v) is 1.24. The lowest BCUT2D eigenvalue weighted by molar-refractivity contribution is -0.121. The Hall–Kier alpha value is -1.21. The minimum Gasteiger partial charge on any atom is -0.393 e. The first-order chi connectivity index (χ1) is 7.36. The number of likely N-dealkylation sites (N-methyl/N-ethyl adjacent to an activating group) is 1. The molecule has 0 aromatic rings.